The van der Waals surface area contributed by atoms with Crippen LogP contribution >= 0.6 is 25.3 Å². The van der Waals surface area contributed by atoms with Crippen LogP contribution in [0.1, 0.15) is 51.4 Å². The molecule has 1 N–H and O–H groups in total. The minimum absolute atomic E-state index is 0.318. The van der Waals surface area contributed by atoms with Gasteiger partial charge in [0.05, 0.1) is 0 Å². The SMILES string of the molecule is O=C(O)CCCCCCCCC(S)CS. The zero-order chi connectivity index (χ0) is 11.5. The molecular weight excluding hydrogens is 228 g/mol. The quantitative estimate of drug-likeness (QED) is 0.410. The molecule has 0 bridgehead atoms. The third-order valence-electron chi connectivity index (χ3n) is 2.39. The fourth-order valence-electron chi connectivity index (χ4n) is 1.45. The van der Waals surface area contributed by atoms with E-state index in [9.17, 15) is 4.79 Å². The number of thiol groups is 2. The summed E-state index contributed by atoms with van der Waals surface area (Å²) in [5, 5.41) is 8.86. The second-order valence-corrected chi connectivity index (χ2v) is 4.99. The summed E-state index contributed by atoms with van der Waals surface area (Å²) in [4.78, 5) is 10.2. The van der Waals surface area contributed by atoms with Crippen LogP contribution in [0.4, 0.5) is 0 Å². The van der Waals surface area contributed by atoms with E-state index < -0.39 is 5.97 Å². The van der Waals surface area contributed by atoms with Gasteiger partial charge in [-0.15, -0.1) is 0 Å². The lowest BCUT2D eigenvalue weighted by atomic mass is 10.1. The van der Waals surface area contributed by atoms with Gasteiger partial charge in [0.15, 0.2) is 0 Å². The van der Waals surface area contributed by atoms with E-state index in [1.165, 1.54) is 19.3 Å². The first-order chi connectivity index (χ1) is 7.16. The van der Waals surface area contributed by atoms with E-state index in [0.717, 1.165) is 31.4 Å². The number of unbranched alkanes of at least 4 members (excludes halogenated alkanes) is 5. The maximum absolute atomic E-state index is 10.2. The van der Waals surface area contributed by atoms with Gasteiger partial charge in [0, 0.05) is 17.4 Å². The summed E-state index contributed by atoms with van der Waals surface area (Å²) < 4.78 is 0. The van der Waals surface area contributed by atoms with Gasteiger partial charge in [0.25, 0.3) is 0 Å². The van der Waals surface area contributed by atoms with Crippen molar-refractivity contribution < 1.29 is 9.90 Å². The molecule has 0 aliphatic rings. The lowest BCUT2D eigenvalue weighted by Crippen LogP contribution is -1.99. The first kappa shape index (κ1) is 15.2. The summed E-state index contributed by atoms with van der Waals surface area (Å²) >= 11 is 8.54. The van der Waals surface area contributed by atoms with Crippen LogP contribution in [0, 0.1) is 0 Å². The van der Waals surface area contributed by atoms with Crippen molar-refractivity contribution in [3.63, 3.8) is 0 Å². The Morgan fingerprint density at radius 3 is 2.13 bits per heavy atom. The highest BCUT2D eigenvalue weighted by atomic mass is 32.1. The number of carbonyl (C=O) groups is 1. The van der Waals surface area contributed by atoms with E-state index in [1.807, 2.05) is 0 Å². The lowest BCUT2D eigenvalue weighted by Gasteiger charge is -2.06. The summed E-state index contributed by atoms with van der Waals surface area (Å²) in [5.41, 5.74) is 0. The number of rotatable bonds is 10. The normalized spacial score (nSPS) is 12.7. The van der Waals surface area contributed by atoms with E-state index in [2.05, 4.69) is 25.3 Å². The summed E-state index contributed by atoms with van der Waals surface area (Å²) in [7, 11) is 0. The van der Waals surface area contributed by atoms with Gasteiger partial charge in [-0.3, -0.25) is 4.79 Å². The van der Waals surface area contributed by atoms with Crippen molar-refractivity contribution in [3.05, 3.63) is 0 Å². The molecular formula is C11H22O2S2. The van der Waals surface area contributed by atoms with Gasteiger partial charge in [-0.25, -0.2) is 0 Å². The minimum atomic E-state index is -0.679. The van der Waals surface area contributed by atoms with E-state index in [4.69, 9.17) is 5.11 Å². The van der Waals surface area contributed by atoms with E-state index in [0.29, 0.717) is 11.7 Å². The van der Waals surface area contributed by atoms with Crippen LogP contribution < -0.4 is 0 Å². The van der Waals surface area contributed by atoms with Crippen molar-refractivity contribution in [1.82, 2.24) is 0 Å². The molecule has 0 saturated heterocycles. The van der Waals surface area contributed by atoms with Gasteiger partial charge in [-0.2, -0.15) is 25.3 Å². The molecule has 1 atom stereocenters. The molecule has 0 rings (SSSR count). The van der Waals surface area contributed by atoms with Crippen molar-refractivity contribution in [2.24, 2.45) is 0 Å². The molecule has 1 unspecified atom stereocenters. The lowest BCUT2D eigenvalue weighted by molar-refractivity contribution is -0.137. The fraction of sp³-hybridized carbons (Fsp3) is 0.909. The highest BCUT2D eigenvalue weighted by molar-refractivity contribution is 7.84. The molecule has 0 fully saturated rings. The Bertz CT molecular complexity index is 163. The summed E-state index contributed by atoms with van der Waals surface area (Å²) in [6.45, 7) is 0. The average molecular weight is 250 g/mol. The summed E-state index contributed by atoms with van der Waals surface area (Å²) in [6, 6.07) is 0. The third kappa shape index (κ3) is 12.1. The maximum Gasteiger partial charge on any atom is 0.303 e. The Labute approximate surface area is 104 Å². The highest BCUT2D eigenvalue weighted by Gasteiger charge is 2.00. The van der Waals surface area contributed by atoms with Crippen LogP contribution in [-0.2, 0) is 4.79 Å². The van der Waals surface area contributed by atoms with Crippen molar-refractivity contribution in [1.29, 1.82) is 0 Å². The monoisotopic (exact) mass is 250 g/mol. The van der Waals surface area contributed by atoms with Gasteiger partial charge in [-0.1, -0.05) is 32.1 Å². The minimum Gasteiger partial charge on any atom is -0.481 e. The van der Waals surface area contributed by atoms with Crippen LogP contribution in [0.2, 0.25) is 0 Å². The first-order valence-electron chi connectivity index (χ1n) is 5.67. The molecule has 4 heteroatoms. The van der Waals surface area contributed by atoms with E-state index >= 15 is 0 Å². The van der Waals surface area contributed by atoms with E-state index in [-0.39, 0.29) is 0 Å². The molecule has 0 aromatic heterocycles. The molecule has 0 heterocycles. The second kappa shape index (κ2) is 10.7. The Balaban J connectivity index is 3.02. The van der Waals surface area contributed by atoms with Crippen molar-refractivity contribution in [2.45, 2.75) is 56.6 Å². The Morgan fingerprint density at radius 2 is 1.60 bits per heavy atom. The van der Waals surface area contributed by atoms with Crippen LogP contribution in [0.3, 0.4) is 0 Å². The fourth-order valence-corrected chi connectivity index (χ4v) is 1.82. The zero-order valence-corrected chi connectivity index (χ0v) is 11.0. The third-order valence-corrected chi connectivity index (χ3v) is 3.56. The molecule has 15 heavy (non-hydrogen) atoms. The number of carboxylic acid groups (broad SMARTS) is 1. The van der Waals surface area contributed by atoms with Crippen LogP contribution in [0.25, 0.3) is 0 Å². The van der Waals surface area contributed by atoms with Crippen molar-refractivity contribution in [3.8, 4) is 0 Å². The molecule has 0 aromatic carbocycles. The predicted molar refractivity (Wildman–Crippen MR) is 71.2 cm³/mol. The number of hydrogen-bond donors (Lipinski definition) is 3. The molecule has 0 spiro atoms. The van der Waals surface area contributed by atoms with Gasteiger partial charge < -0.3 is 5.11 Å². The standard InChI is InChI=1S/C11H22O2S2/c12-11(13)8-6-4-2-1-3-5-7-10(15)9-14/h10,14-15H,1-9H2,(H,12,13). The zero-order valence-electron chi connectivity index (χ0n) is 9.19. The Morgan fingerprint density at radius 1 is 1.07 bits per heavy atom. The largest absolute Gasteiger partial charge is 0.481 e. The van der Waals surface area contributed by atoms with Gasteiger partial charge in [-0.05, 0) is 12.8 Å². The molecule has 0 radical (unpaired) electrons. The van der Waals surface area contributed by atoms with Gasteiger partial charge >= 0.3 is 5.97 Å². The van der Waals surface area contributed by atoms with Crippen molar-refractivity contribution in [2.75, 3.05) is 5.75 Å². The van der Waals surface area contributed by atoms with Crippen molar-refractivity contribution >= 4 is 31.2 Å². The summed E-state index contributed by atoms with van der Waals surface area (Å²) in [5.74, 6) is 0.170. The Kier molecular flexibility index (Phi) is 10.8. The average Bonchev–Trinajstić information content (AvgIpc) is 2.21. The highest BCUT2D eigenvalue weighted by Crippen LogP contribution is 2.12. The van der Waals surface area contributed by atoms with Crippen LogP contribution in [0.15, 0.2) is 0 Å². The maximum atomic E-state index is 10.2. The van der Waals surface area contributed by atoms with Gasteiger partial charge in [0.2, 0.25) is 0 Å². The molecule has 90 valence electrons. The molecule has 0 aromatic rings. The summed E-state index contributed by atoms with van der Waals surface area (Å²) in [6.07, 6.45) is 8.15. The smallest absolute Gasteiger partial charge is 0.303 e. The van der Waals surface area contributed by atoms with Crippen LogP contribution in [0.5, 0.6) is 0 Å². The molecule has 0 aliphatic heterocycles. The van der Waals surface area contributed by atoms with E-state index in [1.54, 1.807) is 0 Å². The number of hydrogen-bond acceptors (Lipinski definition) is 3. The second-order valence-electron chi connectivity index (χ2n) is 3.89. The predicted octanol–water partition coefficient (Wildman–Crippen LogP) is 3.42. The molecule has 2 nitrogen and oxygen atoms in total. The number of carboxylic acids is 1. The topological polar surface area (TPSA) is 37.3 Å². The van der Waals surface area contributed by atoms with Crippen LogP contribution in [-0.4, -0.2) is 22.1 Å². The molecule has 0 amide bonds. The molecule has 0 aliphatic carbocycles. The van der Waals surface area contributed by atoms with Gasteiger partial charge in [0.1, 0.15) is 0 Å². The first-order valence-corrected chi connectivity index (χ1v) is 6.82. The molecule has 0 saturated carbocycles. The number of aliphatic carboxylic acids is 1. The Hall–Kier alpha value is 0.170.